The molecule has 0 radical (unpaired) electrons. The molecule has 4 heteroatoms. The first kappa shape index (κ1) is 16.1. The third-order valence-corrected chi connectivity index (χ3v) is 4.21. The zero-order valence-electron chi connectivity index (χ0n) is 13.4. The monoisotopic (exact) mass is 292 g/mol. The molecule has 2 N–H and O–H groups in total. The second-order valence-electron chi connectivity index (χ2n) is 6.20. The van der Waals surface area contributed by atoms with E-state index >= 15 is 0 Å². The van der Waals surface area contributed by atoms with Crippen LogP contribution in [-0.2, 0) is 0 Å². The minimum absolute atomic E-state index is 0.292. The predicted molar refractivity (Wildman–Crippen MR) is 85.9 cm³/mol. The van der Waals surface area contributed by atoms with Crippen LogP contribution in [-0.4, -0.2) is 43.3 Å². The van der Waals surface area contributed by atoms with Gasteiger partial charge in [-0.1, -0.05) is 19.9 Å². The lowest BCUT2D eigenvalue weighted by atomic mass is 9.95. The molecule has 4 nitrogen and oxygen atoms in total. The van der Waals surface area contributed by atoms with Gasteiger partial charge in [-0.3, -0.25) is 4.90 Å². The first-order chi connectivity index (χ1) is 10.1. The second-order valence-corrected chi connectivity index (χ2v) is 6.20. The molecule has 1 atom stereocenters. The lowest BCUT2D eigenvalue weighted by Gasteiger charge is -2.36. The first-order valence-electron chi connectivity index (χ1n) is 7.93. The molecule has 0 spiro atoms. The molecule has 1 aromatic rings. The molecular formula is C17H28N2O2. The van der Waals surface area contributed by atoms with Crippen molar-refractivity contribution in [3.63, 3.8) is 0 Å². The van der Waals surface area contributed by atoms with Crippen molar-refractivity contribution in [2.45, 2.75) is 32.7 Å². The van der Waals surface area contributed by atoms with E-state index in [4.69, 9.17) is 4.74 Å². The van der Waals surface area contributed by atoms with Crippen LogP contribution in [0.3, 0.4) is 0 Å². The number of methoxy groups -OCH3 is 1. The van der Waals surface area contributed by atoms with E-state index in [1.807, 2.05) is 12.1 Å². The van der Waals surface area contributed by atoms with Crippen molar-refractivity contribution in [1.82, 2.24) is 10.2 Å². The molecule has 0 saturated carbocycles. The van der Waals surface area contributed by atoms with Gasteiger partial charge in [0, 0.05) is 43.9 Å². The number of nitrogens with zero attached hydrogens (tertiary/aromatic N) is 1. The van der Waals surface area contributed by atoms with E-state index in [-0.39, 0.29) is 0 Å². The average molecular weight is 292 g/mol. The molecule has 1 aromatic carbocycles. The van der Waals surface area contributed by atoms with Crippen LogP contribution in [0.2, 0.25) is 0 Å². The van der Waals surface area contributed by atoms with Crippen molar-refractivity contribution in [2.75, 3.05) is 33.3 Å². The highest BCUT2D eigenvalue weighted by Crippen LogP contribution is 2.35. The Labute approximate surface area is 128 Å². The molecule has 0 bridgehead atoms. The van der Waals surface area contributed by atoms with Gasteiger partial charge in [0.05, 0.1) is 7.11 Å². The standard InChI is InChI=1S/C17H28N2O2/c1-13(2)4-7-16(19-10-8-18-9-11-19)15-6-5-14(21-3)12-17(15)20/h5-6,12-13,16,18,20H,4,7-11H2,1-3H3/t16-/m1/s1. The number of aromatic hydroxyl groups is 1. The van der Waals surface area contributed by atoms with Crippen LogP contribution in [0.4, 0.5) is 0 Å². The summed E-state index contributed by atoms with van der Waals surface area (Å²) >= 11 is 0. The fraction of sp³-hybridized carbons (Fsp3) is 0.647. The normalized spacial score (nSPS) is 17.9. The van der Waals surface area contributed by atoms with Crippen LogP contribution in [0.25, 0.3) is 0 Å². The molecule has 0 amide bonds. The van der Waals surface area contributed by atoms with Gasteiger partial charge in [0.1, 0.15) is 11.5 Å². The van der Waals surface area contributed by atoms with Crippen molar-refractivity contribution >= 4 is 0 Å². The first-order valence-corrected chi connectivity index (χ1v) is 7.93. The Balaban J connectivity index is 2.20. The highest BCUT2D eigenvalue weighted by molar-refractivity contribution is 5.41. The van der Waals surface area contributed by atoms with Crippen molar-refractivity contribution in [3.05, 3.63) is 23.8 Å². The van der Waals surface area contributed by atoms with Gasteiger partial charge in [0.15, 0.2) is 0 Å². The minimum Gasteiger partial charge on any atom is -0.507 e. The highest BCUT2D eigenvalue weighted by Gasteiger charge is 2.24. The third kappa shape index (κ3) is 4.35. The van der Waals surface area contributed by atoms with Crippen molar-refractivity contribution in [1.29, 1.82) is 0 Å². The summed E-state index contributed by atoms with van der Waals surface area (Å²) in [6.07, 6.45) is 2.25. The molecule has 2 rings (SSSR count). The molecule has 1 aliphatic rings. The summed E-state index contributed by atoms with van der Waals surface area (Å²) in [6.45, 7) is 8.62. The molecule has 1 heterocycles. The second kappa shape index (κ2) is 7.66. The maximum atomic E-state index is 10.4. The van der Waals surface area contributed by atoms with Gasteiger partial charge >= 0.3 is 0 Å². The molecule has 21 heavy (non-hydrogen) atoms. The molecule has 118 valence electrons. The summed E-state index contributed by atoms with van der Waals surface area (Å²) < 4.78 is 5.19. The van der Waals surface area contributed by atoms with E-state index in [1.165, 1.54) is 6.42 Å². The van der Waals surface area contributed by atoms with Crippen molar-refractivity contribution < 1.29 is 9.84 Å². The maximum Gasteiger partial charge on any atom is 0.124 e. The quantitative estimate of drug-likeness (QED) is 0.846. The number of phenols is 1. The van der Waals surface area contributed by atoms with Crippen LogP contribution in [0, 0.1) is 5.92 Å². The van der Waals surface area contributed by atoms with Gasteiger partial charge < -0.3 is 15.2 Å². The number of rotatable bonds is 6. The number of hydrogen-bond acceptors (Lipinski definition) is 4. The van der Waals surface area contributed by atoms with Gasteiger partial charge in [-0.25, -0.2) is 0 Å². The third-order valence-electron chi connectivity index (χ3n) is 4.21. The molecule has 0 aromatic heterocycles. The Hall–Kier alpha value is -1.26. The summed E-state index contributed by atoms with van der Waals surface area (Å²) in [5, 5.41) is 13.8. The molecule has 0 unspecified atom stereocenters. The van der Waals surface area contributed by atoms with E-state index in [2.05, 4.69) is 24.1 Å². The van der Waals surface area contributed by atoms with Crippen LogP contribution >= 0.6 is 0 Å². The maximum absolute atomic E-state index is 10.4. The van der Waals surface area contributed by atoms with E-state index < -0.39 is 0 Å². The number of benzene rings is 1. The summed E-state index contributed by atoms with van der Waals surface area (Å²) in [4.78, 5) is 2.49. The van der Waals surface area contributed by atoms with Crippen LogP contribution < -0.4 is 10.1 Å². The SMILES string of the molecule is COc1ccc([C@@H](CCC(C)C)N2CCNCC2)c(O)c1. The van der Waals surface area contributed by atoms with E-state index in [1.54, 1.807) is 13.2 Å². The van der Waals surface area contributed by atoms with Crippen LogP contribution in [0.5, 0.6) is 11.5 Å². The van der Waals surface area contributed by atoms with Crippen LogP contribution in [0.15, 0.2) is 18.2 Å². The zero-order chi connectivity index (χ0) is 15.2. The lowest BCUT2D eigenvalue weighted by molar-refractivity contribution is 0.157. The number of piperazine rings is 1. The number of phenolic OH excluding ortho intramolecular Hbond substituents is 1. The summed E-state index contributed by atoms with van der Waals surface area (Å²) in [5.41, 5.74) is 1.03. The average Bonchev–Trinajstić information content (AvgIpc) is 2.49. The Kier molecular flexibility index (Phi) is 5.88. The summed E-state index contributed by atoms with van der Waals surface area (Å²) in [5.74, 6) is 1.73. The lowest BCUT2D eigenvalue weighted by Crippen LogP contribution is -2.45. The minimum atomic E-state index is 0.292. The highest BCUT2D eigenvalue weighted by atomic mass is 16.5. The fourth-order valence-corrected chi connectivity index (χ4v) is 2.95. The van der Waals surface area contributed by atoms with E-state index in [0.717, 1.165) is 38.2 Å². The van der Waals surface area contributed by atoms with Gasteiger partial charge in [-0.05, 0) is 24.8 Å². The smallest absolute Gasteiger partial charge is 0.124 e. The number of ether oxygens (including phenoxy) is 1. The zero-order valence-corrected chi connectivity index (χ0v) is 13.4. The van der Waals surface area contributed by atoms with Gasteiger partial charge in [-0.2, -0.15) is 0 Å². The molecule has 0 aliphatic carbocycles. The van der Waals surface area contributed by atoms with Gasteiger partial charge in [0.2, 0.25) is 0 Å². The molecular weight excluding hydrogens is 264 g/mol. The Morgan fingerprint density at radius 2 is 1.95 bits per heavy atom. The van der Waals surface area contributed by atoms with Gasteiger partial charge in [0.25, 0.3) is 0 Å². The summed E-state index contributed by atoms with van der Waals surface area (Å²) in [7, 11) is 1.63. The van der Waals surface area contributed by atoms with Crippen LogP contribution in [0.1, 0.15) is 38.3 Å². The predicted octanol–water partition coefficient (Wildman–Crippen LogP) is 2.78. The Morgan fingerprint density at radius 3 is 2.52 bits per heavy atom. The largest absolute Gasteiger partial charge is 0.507 e. The Bertz CT molecular complexity index is 442. The number of hydrogen-bond donors (Lipinski definition) is 2. The summed E-state index contributed by atoms with van der Waals surface area (Å²) in [6, 6.07) is 5.97. The topological polar surface area (TPSA) is 44.7 Å². The molecule has 1 aliphatic heterocycles. The van der Waals surface area contributed by atoms with E-state index in [9.17, 15) is 5.11 Å². The molecule has 1 saturated heterocycles. The molecule has 1 fully saturated rings. The van der Waals surface area contributed by atoms with Crippen molar-refractivity contribution in [3.8, 4) is 11.5 Å². The van der Waals surface area contributed by atoms with Gasteiger partial charge in [-0.15, -0.1) is 0 Å². The van der Waals surface area contributed by atoms with E-state index in [0.29, 0.717) is 23.5 Å². The fourth-order valence-electron chi connectivity index (χ4n) is 2.95. The Morgan fingerprint density at radius 1 is 1.24 bits per heavy atom. The van der Waals surface area contributed by atoms with Crippen molar-refractivity contribution in [2.24, 2.45) is 5.92 Å². The number of nitrogens with one attached hydrogen (secondary N) is 1.